The summed E-state index contributed by atoms with van der Waals surface area (Å²) in [5, 5.41) is -0.179. The average molecular weight is 191 g/mol. The summed E-state index contributed by atoms with van der Waals surface area (Å²) in [5.74, 6) is -1.60. The second-order valence-electron chi connectivity index (χ2n) is 2.70. The lowest BCUT2D eigenvalue weighted by atomic mass is 10.1. The summed E-state index contributed by atoms with van der Waals surface area (Å²) in [6.45, 7) is 1.74. The van der Waals surface area contributed by atoms with Crippen molar-refractivity contribution in [3.8, 4) is 0 Å². The van der Waals surface area contributed by atoms with Crippen LogP contribution in [0.4, 0.5) is 8.78 Å². The molecule has 1 aromatic rings. The Balaban J connectivity index is 2.92. The average Bonchev–Trinajstić information content (AvgIpc) is 1.98. The van der Waals surface area contributed by atoms with Gasteiger partial charge in [-0.2, -0.15) is 0 Å². The molecule has 0 nitrogen and oxygen atoms in total. The molecule has 0 aliphatic carbocycles. The first-order valence-corrected chi connectivity index (χ1v) is 4.12. The molecule has 0 spiro atoms. The molecule has 0 aromatic heterocycles. The maximum atomic E-state index is 12.9. The number of benzene rings is 1. The Labute approximate surface area is 75.2 Å². The summed E-state index contributed by atoms with van der Waals surface area (Å²) >= 11 is 5.65. The Hall–Kier alpha value is -0.630. The Morgan fingerprint density at radius 2 is 2.08 bits per heavy atom. The minimum absolute atomic E-state index is 0.179. The highest BCUT2D eigenvalue weighted by Crippen LogP contribution is 2.14. The number of halogens is 3. The molecule has 1 aromatic carbocycles. The van der Waals surface area contributed by atoms with E-state index in [9.17, 15) is 8.78 Å². The lowest BCUT2D eigenvalue weighted by Gasteiger charge is -2.04. The molecular weight excluding hydrogens is 182 g/mol. The van der Waals surface area contributed by atoms with Crippen molar-refractivity contribution in [1.29, 1.82) is 0 Å². The van der Waals surface area contributed by atoms with Crippen LogP contribution < -0.4 is 0 Å². The first-order chi connectivity index (χ1) is 5.61. The van der Waals surface area contributed by atoms with E-state index in [1.807, 2.05) is 0 Å². The van der Waals surface area contributed by atoms with E-state index in [-0.39, 0.29) is 5.38 Å². The van der Waals surface area contributed by atoms with Crippen LogP contribution in [0.1, 0.15) is 12.5 Å². The lowest BCUT2D eigenvalue weighted by molar-refractivity contribution is 0.498. The van der Waals surface area contributed by atoms with Crippen LogP contribution in [0.3, 0.4) is 0 Å². The SMILES string of the molecule is CC(Cl)Cc1cccc(F)c1F. The van der Waals surface area contributed by atoms with Gasteiger partial charge in [-0.1, -0.05) is 12.1 Å². The fourth-order valence-electron chi connectivity index (χ4n) is 1.01. The van der Waals surface area contributed by atoms with E-state index < -0.39 is 11.6 Å². The maximum Gasteiger partial charge on any atom is 0.162 e. The van der Waals surface area contributed by atoms with Crippen LogP contribution >= 0.6 is 11.6 Å². The topological polar surface area (TPSA) is 0 Å². The van der Waals surface area contributed by atoms with E-state index in [2.05, 4.69) is 0 Å². The van der Waals surface area contributed by atoms with Gasteiger partial charge in [-0.05, 0) is 25.0 Å². The zero-order chi connectivity index (χ0) is 9.14. The second kappa shape index (κ2) is 3.85. The molecule has 0 aliphatic heterocycles. The van der Waals surface area contributed by atoms with Crippen molar-refractivity contribution >= 4 is 11.6 Å². The fraction of sp³-hybridized carbons (Fsp3) is 0.333. The maximum absolute atomic E-state index is 12.9. The molecule has 0 bridgehead atoms. The predicted octanol–water partition coefficient (Wildman–Crippen LogP) is 3.13. The number of hydrogen-bond acceptors (Lipinski definition) is 0. The molecule has 1 unspecified atom stereocenters. The molecule has 0 saturated heterocycles. The predicted molar refractivity (Wildman–Crippen MR) is 45.4 cm³/mol. The van der Waals surface area contributed by atoms with Gasteiger partial charge in [-0.3, -0.25) is 0 Å². The third kappa shape index (κ3) is 2.18. The van der Waals surface area contributed by atoms with Gasteiger partial charge >= 0.3 is 0 Å². The van der Waals surface area contributed by atoms with E-state index in [1.165, 1.54) is 12.1 Å². The second-order valence-corrected chi connectivity index (χ2v) is 3.44. The minimum atomic E-state index is -0.815. The summed E-state index contributed by atoms with van der Waals surface area (Å²) in [4.78, 5) is 0. The molecule has 12 heavy (non-hydrogen) atoms. The molecule has 0 saturated carbocycles. The number of hydrogen-bond donors (Lipinski definition) is 0. The van der Waals surface area contributed by atoms with Gasteiger partial charge in [0.25, 0.3) is 0 Å². The molecule has 0 N–H and O–H groups in total. The van der Waals surface area contributed by atoms with Gasteiger partial charge in [0.05, 0.1) is 0 Å². The van der Waals surface area contributed by atoms with E-state index in [0.717, 1.165) is 6.07 Å². The van der Waals surface area contributed by atoms with E-state index in [1.54, 1.807) is 6.92 Å². The summed E-state index contributed by atoms with van der Waals surface area (Å²) < 4.78 is 25.5. The quantitative estimate of drug-likeness (QED) is 0.629. The highest BCUT2D eigenvalue weighted by molar-refractivity contribution is 6.20. The van der Waals surface area contributed by atoms with E-state index in [4.69, 9.17) is 11.6 Å². The lowest BCUT2D eigenvalue weighted by Crippen LogP contribution is -2.01. The van der Waals surface area contributed by atoms with Crippen LogP contribution in [0.15, 0.2) is 18.2 Å². The number of alkyl halides is 1. The molecule has 0 heterocycles. The van der Waals surface area contributed by atoms with Crippen LogP contribution in [-0.4, -0.2) is 5.38 Å². The first-order valence-electron chi connectivity index (χ1n) is 3.68. The van der Waals surface area contributed by atoms with Crippen molar-refractivity contribution in [2.45, 2.75) is 18.7 Å². The Bertz CT molecular complexity index is 271. The van der Waals surface area contributed by atoms with E-state index in [0.29, 0.717) is 12.0 Å². The van der Waals surface area contributed by atoms with Crippen LogP contribution in [0.2, 0.25) is 0 Å². The summed E-state index contributed by atoms with van der Waals surface area (Å²) in [5.41, 5.74) is 0.331. The molecule has 0 fully saturated rings. The third-order valence-electron chi connectivity index (χ3n) is 1.53. The van der Waals surface area contributed by atoms with Gasteiger partial charge in [0.1, 0.15) is 0 Å². The Morgan fingerprint density at radius 3 is 2.67 bits per heavy atom. The van der Waals surface area contributed by atoms with Gasteiger partial charge in [0.15, 0.2) is 11.6 Å². The van der Waals surface area contributed by atoms with Crippen molar-refractivity contribution in [1.82, 2.24) is 0 Å². The first kappa shape index (κ1) is 9.46. The molecule has 1 atom stereocenters. The molecular formula is C9H9ClF2. The molecule has 1 rings (SSSR count). The molecule has 0 amide bonds. The molecule has 66 valence electrons. The van der Waals surface area contributed by atoms with Gasteiger partial charge in [0, 0.05) is 5.38 Å². The third-order valence-corrected chi connectivity index (χ3v) is 1.69. The zero-order valence-electron chi connectivity index (χ0n) is 6.65. The molecule has 0 aliphatic rings. The Morgan fingerprint density at radius 1 is 1.42 bits per heavy atom. The monoisotopic (exact) mass is 190 g/mol. The highest BCUT2D eigenvalue weighted by Gasteiger charge is 2.08. The van der Waals surface area contributed by atoms with Gasteiger partial charge in [-0.15, -0.1) is 11.6 Å². The van der Waals surface area contributed by atoms with Gasteiger partial charge in [0.2, 0.25) is 0 Å². The molecule has 3 heteroatoms. The fourth-order valence-corrected chi connectivity index (χ4v) is 1.18. The van der Waals surface area contributed by atoms with Crippen LogP contribution in [0, 0.1) is 11.6 Å². The minimum Gasteiger partial charge on any atom is -0.204 e. The summed E-state index contributed by atoms with van der Waals surface area (Å²) in [6.07, 6.45) is 0.352. The number of rotatable bonds is 2. The standard InChI is InChI=1S/C9H9ClF2/c1-6(10)5-7-3-2-4-8(11)9(7)12/h2-4,6H,5H2,1H3. The van der Waals surface area contributed by atoms with Crippen molar-refractivity contribution in [2.75, 3.05) is 0 Å². The highest BCUT2D eigenvalue weighted by atomic mass is 35.5. The summed E-state index contributed by atoms with van der Waals surface area (Å²) in [6, 6.07) is 4.11. The van der Waals surface area contributed by atoms with Gasteiger partial charge < -0.3 is 0 Å². The van der Waals surface area contributed by atoms with Crippen LogP contribution in [-0.2, 0) is 6.42 Å². The normalized spacial score (nSPS) is 13.0. The van der Waals surface area contributed by atoms with Crippen LogP contribution in [0.25, 0.3) is 0 Å². The van der Waals surface area contributed by atoms with Gasteiger partial charge in [-0.25, -0.2) is 8.78 Å². The largest absolute Gasteiger partial charge is 0.204 e. The smallest absolute Gasteiger partial charge is 0.162 e. The van der Waals surface area contributed by atoms with E-state index >= 15 is 0 Å². The zero-order valence-corrected chi connectivity index (χ0v) is 7.41. The summed E-state index contributed by atoms with van der Waals surface area (Å²) in [7, 11) is 0. The molecule has 0 radical (unpaired) electrons. The van der Waals surface area contributed by atoms with Crippen LogP contribution in [0.5, 0.6) is 0 Å². The van der Waals surface area contributed by atoms with Crippen molar-refractivity contribution < 1.29 is 8.78 Å². The van der Waals surface area contributed by atoms with Crippen molar-refractivity contribution in [3.63, 3.8) is 0 Å². The van der Waals surface area contributed by atoms with Crippen molar-refractivity contribution in [2.24, 2.45) is 0 Å². The Kier molecular flexibility index (Phi) is 3.04. The van der Waals surface area contributed by atoms with Crippen molar-refractivity contribution in [3.05, 3.63) is 35.4 Å².